The molecule has 0 atom stereocenters. The van der Waals surface area contributed by atoms with Gasteiger partial charge in [0, 0.05) is 19.4 Å². The molecule has 1 heterocycles. The average Bonchev–Trinajstić information content (AvgIpc) is 2.92. The fourth-order valence-corrected chi connectivity index (χ4v) is 2.55. The quantitative estimate of drug-likeness (QED) is 0.440. The SMILES string of the molecule is O=C(Cc1ccc(COC(=O)NCCS(=O)(=O)O)cc1)ON1C(=O)CCC1=O. The first-order chi connectivity index (χ1) is 13.1. The smallest absolute Gasteiger partial charge is 0.407 e. The number of hydrogen-bond acceptors (Lipinski definition) is 8. The van der Waals surface area contributed by atoms with E-state index in [0.29, 0.717) is 16.2 Å². The third-order valence-corrected chi connectivity index (χ3v) is 4.29. The average molecular weight is 414 g/mol. The maximum Gasteiger partial charge on any atom is 0.407 e. The van der Waals surface area contributed by atoms with E-state index >= 15 is 0 Å². The third-order valence-electron chi connectivity index (χ3n) is 3.57. The van der Waals surface area contributed by atoms with Gasteiger partial charge in [-0.1, -0.05) is 24.3 Å². The van der Waals surface area contributed by atoms with Gasteiger partial charge < -0.3 is 14.9 Å². The van der Waals surface area contributed by atoms with Crippen LogP contribution in [0.15, 0.2) is 24.3 Å². The van der Waals surface area contributed by atoms with Crippen molar-refractivity contribution in [3.05, 3.63) is 35.4 Å². The fourth-order valence-electron chi connectivity index (χ4n) is 2.19. The summed E-state index contributed by atoms with van der Waals surface area (Å²) >= 11 is 0. The zero-order valence-electron chi connectivity index (χ0n) is 14.6. The second-order valence-corrected chi connectivity index (χ2v) is 7.40. The molecular weight excluding hydrogens is 396 g/mol. The number of hydroxylamine groups is 2. The Morgan fingerprint density at radius 2 is 1.64 bits per heavy atom. The molecule has 0 aliphatic carbocycles. The first-order valence-electron chi connectivity index (χ1n) is 8.14. The van der Waals surface area contributed by atoms with Crippen LogP contribution in [-0.2, 0) is 47.1 Å². The normalized spacial score (nSPS) is 14.1. The minimum atomic E-state index is -4.16. The van der Waals surface area contributed by atoms with Gasteiger partial charge in [0.1, 0.15) is 6.61 Å². The van der Waals surface area contributed by atoms with Gasteiger partial charge in [0.2, 0.25) is 0 Å². The lowest BCUT2D eigenvalue weighted by atomic mass is 10.1. The predicted octanol–water partition coefficient (Wildman–Crippen LogP) is -0.0497. The molecule has 2 N–H and O–H groups in total. The molecular formula is C16H18N2O9S. The van der Waals surface area contributed by atoms with Gasteiger partial charge in [0.25, 0.3) is 21.9 Å². The summed E-state index contributed by atoms with van der Waals surface area (Å²) in [6.45, 7) is -0.389. The Labute approximate surface area is 160 Å². The molecule has 1 aromatic rings. The summed E-state index contributed by atoms with van der Waals surface area (Å²) in [5.41, 5.74) is 1.16. The van der Waals surface area contributed by atoms with Gasteiger partial charge in [-0.05, 0) is 11.1 Å². The zero-order valence-corrected chi connectivity index (χ0v) is 15.4. The minimum absolute atomic E-state index is 0.0181. The van der Waals surface area contributed by atoms with Crippen LogP contribution in [0.2, 0.25) is 0 Å². The number of hydrogen-bond donors (Lipinski definition) is 2. The highest BCUT2D eigenvalue weighted by atomic mass is 32.2. The van der Waals surface area contributed by atoms with E-state index in [9.17, 15) is 27.6 Å². The first kappa shape index (κ1) is 21.3. The number of amides is 3. The molecule has 1 fully saturated rings. The third kappa shape index (κ3) is 6.96. The number of carbonyl (C=O) groups is 4. The second-order valence-electron chi connectivity index (χ2n) is 5.83. The van der Waals surface area contributed by atoms with Crippen LogP contribution < -0.4 is 5.32 Å². The molecule has 1 aromatic carbocycles. The maximum absolute atomic E-state index is 11.8. The van der Waals surface area contributed by atoms with Crippen LogP contribution in [0.1, 0.15) is 24.0 Å². The molecule has 11 nitrogen and oxygen atoms in total. The van der Waals surface area contributed by atoms with E-state index in [1.807, 2.05) is 0 Å². The molecule has 1 aliphatic rings. The Hall–Kier alpha value is -2.99. The Balaban J connectivity index is 1.75. The summed E-state index contributed by atoms with van der Waals surface area (Å²) in [6.07, 6.45) is -0.973. The largest absolute Gasteiger partial charge is 0.445 e. The van der Waals surface area contributed by atoms with E-state index in [2.05, 4.69) is 5.32 Å². The summed E-state index contributed by atoms with van der Waals surface area (Å²) in [5.74, 6) is -2.49. The maximum atomic E-state index is 11.8. The molecule has 12 heteroatoms. The van der Waals surface area contributed by atoms with Crippen LogP contribution in [0, 0.1) is 0 Å². The van der Waals surface area contributed by atoms with E-state index in [4.69, 9.17) is 14.1 Å². The van der Waals surface area contributed by atoms with Crippen molar-refractivity contribution in [1.82, 2.24) is 10.4 Å². The van der Waals surface area contributed by atoms with Gasteiger partial charge in [0.05, 0.1) is 12.2 Å². The number of carbonyl (C=O) groups excluding carboxylic acids is 4. The predicted molar refractivity (Wildman–Crippen MR) is 91.9 cm³/mol. The second kappa shape index (κ2) is 9.28. The van der Waals surface area contributed by atoms with Crippen LogP contribution in [-0.4, -0.2) is 54.2 Å². The molecule has 152 valence electrons. The van der Waals surface area contributed by atoms with Crippen molar-refractivity contribution in [2.24, 2.45) is 0 Å². The number of rotatable bonds is 8. The lowest BCUT2D eigenvalue weighted by molar-refractivity contribution is -0.197. The molecule has 0 saturated carbocycles. The first-order valence-corrected chi connectivity index (χ1v) is 9.75. The summed E-state index contributed by atoms with van der Waals surface area (Å²) in [7, 11) is -4.16. The molecule has 2 rings (SSSR count). The van der Waals surface area contributed by atoms with Gasteiger partial charge in [-0.2, -0.15) is 8.42 Å². The van der Waals surface area contributed by atoms with Crippen LogP contribution in [0.25, 0.3) is 0 Å². The topological polar surface area (TPSA) is 156 Å². The van der Waals surface area contributed by atoms with Crippen LogP contribution in [0.3, 0.4) is 0 Å². The molecule has 1 aliphatic heterocycles. The van der Waals surface area contributed by atoms with E-state index in [-0.39, 0.29) is 32.4 Å². The summed E-state index contributed by atoms with van der Waals surface area (Å²) < 4.78 is 34.5. The number of benzene rings is 1. The van der Waals surface area contributed by atoms with Crippen molar-refractivity contribution in [2.75, 3.05) is 12.3 Å². The van der Waals surface area contributed by atoms with Crippen LogP contribution >= 0.6 is 0 Å². The molecule has 0 radical (unpaired) electrons. The van der Waals surface area contributed by atoms with E-state index < -0.39 is 39.7 Å². The molecule has 1 saturated heterocycles. The number of nitrogens with one attached hydrogen (secondary N) is 1. The van der Waals surface area contributed by atoms with Crippen molar-refractivity contribution in [1.29, 1.82) is 0 Å². The van der Waals surface area contributed by atoms with Gasteiger partial charge in [-0.25, -0.2) is 9.59 Å². The number of alkyl carbamates (subject to hydrolysis) is 1. The Kier molecular flexibility index (Phi) is 7.06. The van der Waals surface area contributed by atoms with Gasteiger partial charge >= 0.3 is 12.1 Å². The summed E-state index contributed by atoms with van der Waals surface area (Å²) in [5, 5.41) is 2.64. The zero-order chi connectivity index (χ0) is 20.7. The van der Waals surface area contributed by atoms with Gasteiger partial charge in [-0.3, -0.25) is 14.1 Å². The fraction of sp³-hybridized carbons (Fsp3) is 0.375. The number of ether oxygens (including phenoxy) is 1. The Morgan fingerprint density at radius 3 is 2.21 bits per heavy atom. The Morgan fingerprint density at radius 1 is 1.07 bits per heavy atom. The van der Waals surface area contributed by atoms with E-state index in [1.165, 1.54) is 0 Å². The van der Waals surface area contributed by atoms with E-state index in [0.717, 1.165) is 0 Å². The highest BCUT2D eigenvalue weighted by Crippen LogP contribution is 2.13. The van der Waals surface area contributed by atoms with Crippen LogP contribution in [0.4, 0.5) is 4.79 Å². The molecule has 0 aromatic heterocycles. The lowest BCUT2D eigenvalue weighted by Gasteiger charge is -2.12. The molecule has 28 heavy (non-hydrogen) atoms. The standard InChI is InChI=1S/C16H18N2O9S/c19-13-5-6-14(20)18(13)27-15(21)9-11-1-3-12(4-2-11)10-26-16(22)17-7-8-28(23,24)25/h1-4H,5-10H2,(H,17,22)(H,23,24,25). The highest BCUT2D eigenvalue weighted by Gasteiger charge is 2.32. The summed E-state index contributed by atoms with van der Waals surface area (Å²) in [4.78, 5) is 50.8. The monoisotopic (exact) mass is 414 g/mol. The van der Waals surface area contributed by atoms with Crippen molar-refractivity contribution in [3.8, 4) is 0 Å². The van der Waals surface area contributed by atoms with Gasteiger partial charge in [0.15, 0.2) is 0 Å². The Bertz CT molecular complexity index is 849. The molecule has 0 spiro atoms. The number of imide groups is 1. The van der Waals surface area contributed by atoms with Gasteiger partial charge in [-0.15, -0.1) is 5.06 Å². The van der Waals surface area contributed by atoms with Crippen LogP contribution in [0.5, 0.6) is 0 Å². The molecule has 3 amide bonds. The van der Waals surface area contributed by atoms with E-state index in [1.54, 1.807) is 24.3 Å². The highest BCUT2D eigenvalue weighted by molar-refractivity contribution is 7.85. The van der Waals surface area contributed by atoms with Crippen molar-refractivity contribution >= 4 is 34.0 Å². The van der Waals surface area contributed by atoms with Crippen molar-refractivity contribution < 1.29 is 41.7 Å². The summed E-state index contributed by atoms with van der Waals surface area (Å²) in [6, 6.07) is 6.37. The molecule has 0 unspecified atom stereocenters. The van der Waals surface area contributed by atoms with Crippen molar-refractivity contribution in [3.63, 3.8) is 0 Å². The lowest BCUT2D eigenvalue weighted by Crippen LogP contribution is -2.32. The van der Waals surface area contributed by atoms with Crippen molar-refractivity contribution in [2.45, 2.75) is 25.9 Å². The minimum Gasteiger partial charge on any atom is -0.445 e. The molecule has 0 bridgehead atoms. The number of nitrogens with zero attached hydrogens (tertiary/aromatic N) is 1.